The van der Waals surface area contributed by atoms with Crippen molar-refractivity contribution in [3.8, 4) is 0 Å². The summed E-state index contributed by atoms with van der Waals surface area (Å²) >= 11 is 5.90. The zero-order valence-corrected chi connectivity index (χ0v) is 36.9. The van der Waals surface area contributed by atoms with Crippen LogP contribution >= 0.6 is 34.9 Å². The molecule has 2 nitrogen and oxygen atoms in total. The van der Waals surface area contributed by atoms with Gasteiger partial charge in [-0.15, -0.1) is 11.3 Å². The number of thiophene rings is 1. The second kappa shape index (κ2) is 13.1. The number of fused-ring (bicyclic) bond motifs is 7. The van der Waals surface area contributed by atoms with Gasteiger partial charge in [0.05, 0.1) is 5.69 Å². The van der Waals surface area contributed by atoms with Gasteiger partial charge in [0, 0.05) is 62.9 Å². The van der Waals surface area contributed by atoms with Crippen molar-refractivity contribution in [2.24, 2.45) is 0 Å². The minimum Gasteiger partial charge on any atom is -0.311 e. The maximum Gasteiger partial charge on any atom is 0.264 e. The van der Waals surface area contributed by atoms with Gasteiger partial charge in [0.1, 0.15) is 0 Å². The average molecular weight is 797 g/mol. The second-order valence-electron chi connectivity index (χ2n) is 19.0. The Labute approximate surface area is 351 Å². The predicted octanol–water partition coefficient (Wildman–Crippen LogP) is 13.8. The summed E-state index contributed by atoms with van der Waals surface area (Å²) in [4.78, 5) is 10.7. The van der Waals surface area contributed by atoms with Crippen LogP contribution in [0.3, 0.4) is 0 Å². The molecule has 57 heavy (non-hydrogen) atoms. The Bertz CT molecular complexity index is 2710. The standard InChI is InChI=1S/C51H49BN2S3/c1-49(2,3)31-18-23-34(24-19-31)53-38-27-22-33(51(7,8)9)28-37(38)52-46-39(53)14-13-15-40(46)54(35-25-20-32(21-26-35)50(4,5)6)47-36-29-44-45(30-43(36)57-48(47)52)56-42-17-12-10-11-16-41(42)55-44/h10-15,17-30H,16H2,1-9H3. The maximum atomic E-state index is 2.60. The van der Waals surface area contributed by atoms with E-state index in [0.29, 0.717) is 0 Å². The van der Waals surface area contributed by atoms with E-state index in [2.05, 4.69) is 193 Å². The summed E-state index contributed by atoms with van der Waals surface area (Å²) < 4.78 is 2.78. The molecule has 6 aromatic rings. The highest BCUT2D eigenvalue weighted by molar-refractivity contribution is 8.09. The minimum atomic E-state index is 0.00857. The topological polar surface area (TPSA) is 6.48 Å². The van der Waals surface area contributed by atoms with Crippen LogP contribution in [0.1, 0.15) is 85.4 Å². The van der Waals surface area contributed by atoms with Gasteiger partial charge in [-0.05, 0) is 111 Å². The van der Waals surface area contributed by atoms with Crippen LogP contribution in [-0.4, -0.2) is 6.71 Å². The molecule has 0 saturated carbocycles. The van der Waals surface area contributed by atoms with Crippen molar-refractivity contribution in [3.05, 3.63) is 148 Å². The highest BCUT2D eigenvalue weighted by atomic mass is 32.2. The SMILES string of the molecule is CC(C)(C)c1ccc(N2c3ccc(C(C)(C)C)cc3B3c4sc5cc6c(cc5c4N(c4ccc(C(C)(C)C)cc4)c4cccc2c43)SC2=C(C=CC=CC2)S6)cc1. The molecule has 0 saturated heterocycles. The zero-order valence-electron chi connectivity index (χ0n) is 34.5. The normalized spacial score (nSPS) is 16.0. The Morgan fingerprint density at radius 2 is 1.18 bits per heavy atom. The summed E-state index contributed by atoms with van der Waals surface area (Å²) in [6.07, 6.45) is 9.93. The smallest absolute Gasteiger partial charge is 0.264 e. The van der Waals surface area contributed by atoms with Crippen LogP contribution in [0.5, 0.6) is 0 Å². The van der Waals surface area contributed by atoms with Crippen LogP contribution < -0.4 is 25.5 Å². The number of rotatable bonds is 2. The fourth-order valence-electron chi connectivity index (χ4n) is 8.85. The third kappa shape index (κ3) is 6.08. The molecule has 1 aliphatic carbocycles. The lowest BCUT2D eigenvalue weighted by Crippen LogP contribution is -2.60. The van der Waals surface area contributed by atoms with Crippen molar-refractivity contribution in [1.29, 1.82) is 0 Å². The average Bonchev–Trinajstić information content (AvgIpc) is 3.36. The van der Waals surface area contributed by atoms with Crippen LogP contribution in [0.2, 0.25) is 0 Å². The molecule has 6 heteroatoms. The van der Waals surface area contributed by atoms with Crippen LogP contribution in [0, 0.1) is 0 Å². The van der Waals surface area contributed by atoms with Crippen molar-refractivity contribution in [3.63, 3.8) is 0 Å². The molecule has 0 N–H and O–H groups in total. The fourth-order valence-corrected chi connectivity index (χ4v) is 12.6. The van der Waals surface area contributed by atoms with Crippen LogP contribution in [0.15, 0.2) is 141 Å². The van der Waals surface area contributed by atoms with Crippen LogP contribution in [0.4, 0.5) is 34.1 Å². The maximum absolute atomic E-state index is 2.60. The van der Waals surface area contributed by atoms with Gasteiger partial charge >= 0.3 is 0 Å². The molecule has 0 fully saturated rings. The summed E-state index contributed by atoms with van der Waals surface area (Å²) in [5.41, 5.74) is 14.5. The van der Waals surface area contributed by atoms with Crippen LogP contribution in [0.25, 0.3) is 10.1 Å². The van der Waals surface area contributed by atoms with Gasteiger partial charge < -0.3 is 9.80 Å². The summed E-state index contributed by atoms with van der Waals surface area (Å²) in [5, 5.41) is 1.34. The monoisotopic (exact) mass is 796 g/mol. The molecular weight excluding hydrogens is 748 g/mol. The molecule has 10 rings (SSSR count). The van der Waals surface area contributed by atoms with Gasteiger partial charge in [0.2, 0.25) is 0 Å². The first kappa shape index (κ1) is 37.0. The van der Waals surface area contributed by atoms with Gasteiger partial charge in [-0.1, -0.05) is 147 Å². The third-order valence-electron chi connectivity index (χ3n) is 12.0. The Kier molecular flexibility index (Phi) is 8.48. The number of thioether (sulfide) groups is 2. The van der Waals surface area contributed by atoms with Crippen molar-refractivity contribution < 1.29 is 0 Å². The summed E-state index contributed by atoms with van der Waals surface area (Å²) in [7, 11) is 0. The van der Waals surface area contributed by atoms with E-state index in [-0.39, 0.29) is 23.0 Å². The molecule has 0 spiro atoms. The molecule has 1 aromatic heterocycles. The Morgan fingerprint density at radius 1 is 0.579 bits per heavy atom. The Balaban J connectivity index is 1.25. The number of allylic oxidation sites excluding steroid dienone is 5. The highest BCUT2D eigenvalue weighted by Gasteiger charge is 2.45. The molecule has 3 aliphatic heterocycles. The number of benzene rings is 5. The van der Waals surface area contributed by atoms with Gasteiger partial charge in [-0.3, -0.25) is 0 Å². The molecule has 0 bridgehead atoms. The molecule has 5 aromatic carbocycles. The van der Waals surface area contributed by atoms with Gasteiger partial charge in [-0.25, -0.2) is 0 Å². The van der Waals surface area contributed by atoms with Gasteiger partial charge in [0.25, 0.3) is 6.71 Å². The van der Waals surface area contributed by atoms with E-state index >= 15 is 0 Å². The van der Waals surface area contributed by atoms with Crippen LogP contribution in [-0.2, 0) is 16.2 Å². The first-order chi connectivity index (χ1) is 27.1. The van der Waals surface area contributed by atoms with Crippen molar-refractivity contribution >= 4 is 101 Å². The molecule has 4 aliphatic rings. The van der Waals surface area contributed by atoms with E-state index in [4.69, 9.17) is 0 Å². The van der Waals surface area contributed by atoms with Crippen molar-refractivity contribution in [1.82, 2.24) is 0 Å². The van der Waals surface area contributed by atoms with E-state index in [9.17, 15) is 0 Å². The molecule has 0 amide bonds. The second-order valence-corrected chi connectivity index (χ2v) is 22.3. The number of anilines is 6. The highest BCUT2D eigenvalue weighted by Crippen LogP contribution is 2.54. The number of nitrogens with zero attached hydrogens (tertiary/aromatic N) is 2. The van der Waals surface area contributed by atoms with Crippen molar-refractivity contribution in [2.45, 2.75) is 94.8 Å². The van der Waals surface area contributed by atoms with E-state index < -0.39 is 0 Å². The van der Waals surface area contributed by atoms with Gasteiger partial charge in [0.15, 0.2) is 0 Å². The summed E-state index contributed by atoms with van der Waals surface area (Å²) in [5.74, 6) is 0. The quantitative estimate of drug-likeness (QED) is 0.161. The summed E-state index contributed by atoms with van der Waals surface area (Å²) in [6, 6.07) is 38.0. The lowest BCUT2D eigenvalue weighted by atomic mass is 9.36. The molecule has 284 valence electrons. The van der Waals surface area contributed by atoms with Crippen molar-refractivity contribution in [2.75, 3.05) is 9.80 Å². The lowest BCUT2D eigenvalue weighted by molar-refractivity contribution is 0.590. The first-order valence-corrected chi connectivity index (χ1v) is 22.7. The lowest BCUT2D eigenvalue weighted by Gasteiger charge is -2.43. The Morgan fingerprint density at radius 3 is 1.82 bits per heavy atom. The molecule has 0 atom stereocenters. The van der Waals surface area contributed by atoms with E-state index in [1.165, 1.54) is 96.2 Å². The predicted molar refractivity (Wildman–Crippen MR) is 254 cm³/mol. The fraction of sp³-hybridized carbons (Fsp3) is 0.255. The first-order valence-electron chi connectivity index (χ1n) is 20.3. The molecular formula is C51H49BN2S3. The largest absolute Gasteiger partial charge is 0.311 e. The third-order valence-corrected chi connectivity index (χ3v) is 15.8. The minimum absolute atomic E-state index is 0.00857. The molecule has 4 heterocycles. The molecule has 0 unspecified atom stereocenters. The zero-order chi connectivity index (χ0) is 39.6. The number of hydrogen-bond acceptors (Lipinski definition) is 5. The number of hydrogen-bond donors (Lipinski definition) is 0. The molecule has 0 radical (unpaired) electrons. The van der Waals surface area contributed by atoms with E-state index in [1.807, 2.05) is 34.9 Å². The van der Waals surface area contributed by atoms with E-state index in [0.717, 1.165) is 6.42 Å². The Hall–Kier alpha value is -4.36. The summed E-state index contributed by atoms with van der Waals surface area (Å²) in [6.45, 7) is 20.9. The van der Waals surface area contributed by atoms with E-state index in [1.54, 1.807) is 0 Å². The van der Waals surface area contributed by atoms with Gasteiger partial charge in [-0.2, -0.15) is 0 Å².